The van der Waals surface area contributed by atoms with Crippen molar-refractivity contribution in [3.63, 3.8) is 0 Å². The van der Waals surface area contributed by atoms with Crippen LogP contribution in [0.2, 0.25) is 0 Å². The molecule has 0 saturated carbocycles. The second-order valence-corrected chi connectivity index (χ2v) is 7.08. The van der Waals surface area contributed by atoms with Crippen molar-refractivity contribution in [2.75, 3.05) is 18.9 Å². The van der Waals surface area contributed by atoms with E-state index >= 15 is 0 Å². The molecule has 28 heavy (non-hydrogen) atoms. The number of ether oxygens (including phenoxy) is 1. The molecule has 1 N–H and O–H groups in total. The van der Waals surface area contributed by atoms with Crippen LogP contribution in [0.4, 0.5) is 0 Å². The van der Waals surface area contributed by atoms with Gasteiger partial charge in [-0.3, -0.25) is 4.79 Å². The Hall–Kier alpha value is -2.86. The molecule has 1 amide bonds. The molecular formula is C22H23N3O2S. The summed E-state index contributed by atoms with van der Waals surface area (Å²) < 4.78 is 5.45. The minimum atomic E-state index is -0.00156. The normalized spacial score (nSPS) is 10.5. The van der Waals surface area contributed by atoms with Gasteiger partial charge in [0.05, 0.1) is 18.1 Å². The molecule has 0 spiro atoms. The second-order valence-electron chi connectivity index (χ2n) is 6.09. The smallest absolute Gasteiger partial charge is 0.230 e. The number of thioether (sulfide) groups is 1. The van der Waals surface area contributed by atoms with E-state index in [1.54, 1.807) is 0 Å². The van der Waals surface area contributed by atoms with Gasteiger partial charge in [-0.1, -0.05) is 42.1 Å². The standard InChI is InChI=1S/C22H23N3O2S/c1-2-27-19-10-8-18(9-11-19)20-12-13-22(25-24-20)28-16-21(26)23-15-14-17-6-4-3-5-7-17/h3-13H,2,14-16H2,1H3,(H,23,26). The zero-order chi connectivity index (χ0) is 19.6. The Kier molecular flexibility index (Phi) is 7.44. The molecule has 0 unspecified atom stereocenters. The maximum absolute atomic E-state index is 12.0. The highest BCUT2D eigenvalue weighted by Gasteiger charge is 2.06. The largest absolute Gasteiger partial charge is 0.494 e. The zero-order valence-corrected chi connectivity index (χ0v) is 16.6. The van der Waals surface area contributed by atoms with Gasteiger partial charge in [0, 0.05) is 12.1 Å². The van der Waals surface area contributed by atoms with Crippen LogP contribution >= 0.6 is 11.8 Å². The van der Waals surface area contributed by atoms with Crippen LogP contribution in [0, 0.1) is 0 Å². The molecule has 0 radical (unpaired) electrons. The van der Waals surface area contributed by atoms with Crippen LogP contribution in [-0.4, -0.2) is 35.0 Å². The summed E-state index contributed by atoms with van der Waals surface area (Å²) >= 11 is 1.38. The first-order valence-corrected chi connectivity index (χ1v) is 10.2. The summed E-state index contributed by atoms with van der Waals surface area (Å²) in [5.41, 5.74) is 2.98. The van der Waals surface area contributed by atoms with Gasteiger partial charge >= 0.3 is 0 Å². The Morgan fingerprint density at radius 2 is 1.79 bits per heavy atom. The summed E-state index contributed by atoms with van der Waals surface area (Å²) in [4.78, 5) is 12.0. The van der Waals surface area contributed by atoms with Crippen molar-refractivity contribution in [1.29, 1.82) is 0 Å². The number of hydrogen-bond acceptors (Lipinski definition) is 5. The minimum absolute atomic E-state index is 0.00156. The Morgan fingerprint density at radius 1 is 1.00 bits per heavy atom. The van der Waals surface area contributed by atoms with Gasteiger partial charge in [0.15, 0.2) is 0 Å². The lowest BCUT2D eigenvalue weighted by molar-refractivity contribution is -0.118. The third kappa shape index (κ3) is 6.09. The van der Waals surface area contributed by atoms with E-state index in [4.69, 9.17) is 4.74 Å². The van der Waals surface area contributed by atoms with Crippen LogP contribution in [0.5, 0.6) is 5.75 Å². The minimum Gasteiger partial charge on any atom is -0.494 e. The van der Waals surface area contributed by atoms with E-state index in [2.05, 4.69) is 27.6 Å². The predicted molar refractivity (Wildman–Crippen MR) is 113 cm³/mol. The monoisotopic (exact) mass is 393 g/mol. The van der Waals surface area contributed by atoms with Crippen molar-refractivity contribution >= 4 is 17.7 Å². The summed E-state index contributed by atoms with van der Waals surface area (Å²) in [6, 6.07) is 21.7. The fourth-order valence-corrected chi connectivity index (χ4v) is 3.26. The van der Waals surface area contributed by atoms with Crippen molar-refractivity contribution in [1.82, 2.24) is 15.5 Å². The van der Waals surface area contributed by atoms with Gasteiger partial charge in [0.1, 0.15) is 10.8 Å². The number of carbonyl (C=O) groups is 1. The van der Waals surface area contributed by atoms with E-state index in [9.17, 15) is 4.79 Å². The van der Waals surface area contributed by atoms with Crippen LogP contribution in [0.25, 0.3) is 11.3 Å². The average Bonchev–Trinajstić information content (AvgIpc) is 2.74. The Balaban J connectivity index is 1.44. The van der Waals surface area contributed by atoms with Crippen molar-refractivity contribution in [2.24, 2.45) is 0 Å². The molecule has 144 valence electrons. The van der Waals surface area contributed by atoms with E-state index in [-0.39, 0.29) is 5.91 Å². The Bertz CT molecular complexity index is 869. The second kappa shape index (κ2) is 10.5. The van der Waals surface area contributed by atoms with E-state index in [0.29, 0.717) is 18.9 Å². The molecule has 0 bridgehead atoms. The van der Waals surface area contributed by atoms with Crippen molar-refractivity contribution in [3.05, 3.63) is 72.3 Å². The van der Waals surface area contributed by atoms with Gasteiger partial charge in [-0.15, -0.1) is 10.2 Å². The third-order valence-corrected chi connectivity index (χ3v) is 4.95. The van der Waals surface area contributed by atoms with Gasteiger partial charge < -0.3 is 10.1 Å². The van der Waals surface area contributed by atoms with Crippen LogP contribution in [0.15, 0.2) is 71.8 Å². The van der Waals surface area contributed by atoms with Crippen molar-refractivity contribution in [2.45, 2.75) is 18.4 Å². The van der Waals surface area contributed by atoms with Crippen LogP contribution in [0.3, 0.4) is 0 Å². The van der Waals surface area contributed by atoms with Gasteiger partial charge in [-0.05, 0) is 55.3 Å². The van der Waals surface area contributed by atoms with E-state index in [1.807, 2.05) is 61.5 Å². The first-order valence-electron chi connectivity index (χ1n) is 9.25. The summed E-state index contributed by atoms with van der Waals surface area (Å²) in [6.45, 7) is 3.23. The number of rotatable bonds is 9. The first kappa shape index (κ1) is 19.9. The topological polar surface area (TPSA) is 64.1 Å². The Labute approximate surface area is 169 Å². The highest BCUT2D eigenvalue weighted by Crippen LogP contribution is 2.22. The molecule has 1 aromatic heterocycles. The molecule has 3 rings (SSSR count). The number of carbonyl (C=O) groups excluding carboxylic acids is 1. The molecule has 5 nitrogen and oxygen atoms in total. The highest BCUT2D eigenvalue weighted by atomic mass is 32.2. The molecule has 0 aliphatic heterocycles. The number of amides is 1. The third-order valence-electron chi connectivity index (χ3n) is 4.03. The molecule has 1 heterocycles. The van der Waals surface area contributed by atoms with Gasteiger partial charge in [0.25, 0.3) is 0 Å². The summed E-state index contributed by atoms with van der Waals surface area (Å²) in [6.07, 6.45) is 0.827. The zero-order valence-electron chi connectivity index (χ0n) is 15.8. The maximum atomic E-state index is 12.0. The van der Waals surface area contributed by atoms with Crippen LogP contribution < -0.4 is 10.1 Å². The number of aromatic nitrogens is 2. The molecule has 0 atom stereocenters. The average molecular weight is 394 g/mol. The molecule has 3 aromatic rings. The lowest BCUT2D eigenvalue weighted by Gasteiger charge is -2.06. The molecule has 0 fully saturated rings. The fourth-order valence-electron chi connectivity index (χ4n) is 2.62. The Morgan fingerprint density at radius 3 is 2.46 bits per heavy atom. The van der Waals surface area contributed by atoms with Gasteiger partial charge in [0.2, 0.25) is 5.91 Å². The van der Waals surface area contributed by atoms with Crippen molar-refractivity contribution < 1.29 is 9.53 Å². The number of nitrogens with zero attached hydrogens (tertiary/aromatic N) is 2. The fraction of sp³-hybridized carbons (Fsp3) is 0.227. The lowest BCUT2D eigenvalue weighted by atomic mass is 10.1. The number of nitrogens with one attached hydrogen (secondary N) is 1. The number of hydrogen-bond donors (Lipinski definition) is 1. The quantitative estimate of drug-likeness (QED) is 0.557. The van der Waals surface area contributed by atoms with E-state index in [0.717, 1.165) is 28.5 Å². The molecular weight excluding hydrogens is 370 g/mol. The lowest BCUT2D eigenvalue weighted by Crippen LogP contribution is -2.27. The van der Waals surface area contributed by atoms with Crippen LogP contribution in [0.1, 0.15) is 12.5 Å². The molecule has 6 heteroatoms. The molecule has 0 saturated heterocycles. The first-order chi connectivity index (χ1) is 13.7. The summed E-state index contributed by atoms with van der Waals surface area (Å²) in [7, 11) is 0. The predicted octanol–water partition coefficient (Wildman–Crippen LogP) is 3.99. The SMILES string of the molecule is CCOc1ccc(-c2ccc(SCC(=O)NCCc3ccccc3)nn2)cc1. The van der Waals surface area contributed by atoms with E-state index in [1.165, 1.54) is 17.3 Å². The van der Waals surface area contributed by atoms with Crippen molar-refractivity contribution in [3.8, 4) is 17.0 Å². The summed E-state index contributed by atoms with van der Waals surface area (Å²) in [5, 5.41) is 12.1. The van der Waals surface area contributed by atoms with Crippen LogP contribution in [-0.2, 0) is 11.2 Å². The van der Waals surface area contributed by atoms with Gasteiger partial charge in [-0.2, -0.15) is 0 Å². The van der Waals surface area contributed by atoms with E-state index < -0.39 is 0 Å². The molecule has 0 aliphatic rings. The number of benzene rings is 2. The maximum Gasteiger partial charge on any atom is 0.230 e. The molecule has 2 aromatic carbocycles. The summed E-state index contributed by atoms with van der Waals surface area (Å²) in [5.74, 6) is 1.16. The molecule has 0 aliphatic carbocycles. The van der Waals surface area contributed by atoms with Gasteiger partial charge in [-0.25, -0.2) is 0 Å². The highest BCUT2D eigenvalue weighted by molar-refractivity contribution is 7.99.